The topological polar surface area (TPSA) is 41.8 Å². The third-order valence-electron chi connectivity index (χ3n) is 3.56. The SMILES string of the molecule is C=C(O/N=C/C1=CC(F)C=C(O)C=C1)C1CCCCC1. The van der Waals surface area contributed by atoms with Crippen molar-refractivity contribution in [1.29, 1.82) is 0 Å². The molecule has 3 nitrogen and oxygen atoms in total. The Morgan fingerprint density at radius 3 is 2.80 bits per heavy atom. The van der Waals surface area contributed by atoms with Crippen LogP contribution in [0.15, 0.2) is 53.1 Å². The molecule has 108 valence electrons. The van der Waals surface area contributed by atoms with E-state index in [1.54, 1.807) is 6.08 Å². The minimum Gasteiger partial charge on any atom is -0.508 e. The Labute approximate surface area is 118 Å². The first-order chi connectivity index (χ1) is 9.65. The average molecular weight is 277 g/mol. The highest BCUT2D eigenvalue weighted by Crippen LogP contribution is 2.29. The standard InChI is InChI=1S/C16H20FNO2/c1-12(14-5-3-2-4-6-14)20-18-11-13-7-8-16(19)10-15(17)9-13/h7-11,14-15,19H,1-6H2/b18-11+. The maximum Gasteiger partial charge on any atom is 0.141 e. The highest BCUT2D eigenvalue weighted by Gasteiger charge is 2.17. The van der Waals surface area contributed by atoms with Crippen LogP contribution >= 0.6 is 0 Å². The summed E-state index contributed by atoms with van der Waals surface area (Å²) in [5, 5.41) is 13.1. The zero-order chi connectivity index (χ0) is 14.4. The van der Waals surface area contributed by atoms with Crippen molar-refractivity contribution >= 4 is 6.21 Å². The number of rotatable bonds is 4. The van der Waals surface area contributed by atoms with E-state index in [4.69, 9.17) is 4.84 Å². The third-order valence-corrected chi connectivity index (χ3v) is 3.56. The lowest BCUT2D eigenvalue weighted by Gasteiger charge is -2.21. The van der Waals surface area contributed by atoms with Crippen molar-refractivity contribution in [3.8, 4) is 0 Å². The van der Waals surface area contributed by atoms with E-state index in [0.29, 0.717) is 17.3 Å². The van der Waals surface area contributed by atoms with Crippen molar-refractivity contribution in [3.05, 3.63) is 48.0 Å². The number of allylic oxidation sites excluding steroid dienone is 6. The van der Waals surface area contributed by atoms with Crippen molar-refractivity contribution in [3.63, 3.8) is 0 Å². The van der Waals surface area contributed by atoms with E-state index >= 15 is 0 Å². The van der Waals surface area contributed by atoms with Gasteiger partial charge in [-0.25, -0.2) is 4.39 Å². The summed E-state index contributed by atoms with van der Waals surface area (Å²) in [5.74, 6) is 0.959. The van der Waals surface area contributed by atoms with E-state index in [1.807, 2.05) is 0 Å². The van der Waals surface area contributed by atoms with Crippen LogP contribution in [0.2, 0.25) is 0 Å². The minimum absolute atomic E-state index is 0.0929. The second kappa shape index (κ2) is 7.08. The highest BCUT2D eigenvalue weighted by molar-refractivity contribution is 5.82. The summed E-state index contributed by atoms with van der Waals surface area (Å²) >= 11 is 0. The van der Waals surface area contributed by atoms with Gasteiger partial charge in [0.15, 0.2) is 0 Å². The van der Waals surface area contributed by atoms with Gasteiger partial charge in [-0.3, -0.25) is 0 Å². The van der Waals surface area contributed by atoms with Crippen molar-refractivity contribution in [2.24, 2.45) is 11.1 Å². The lowest BCUT2D eigenvalue weighted by atomic mass is 9.88. The fourth-order valence-corrected chi connectivity index (χ4v) is 2.43. The second-order valence-electron chi connectivity index (χ2n) is 5.16. The van der Waals surface area contributed by atoms with Crippen molar-refractivity contribution in [1.82, 2.24) is 0 Å². The third kappa shape index (κ3) is 4.37. The number of aliphatic hydroxyl groups is 1. The number of oxime groups is 1. The fourth-order valence-electron chi connectivity index (χ4n) is 2.43. The molecule has 0 radical (unpaired) electrons. The van der Waals surface area contributed by atoms with Crippen LogP contribution in [0.5, 0.6) is 0 Å². The van der Waals surface area contributed by atoms with Crippen LogP contribution < -0.4 is 0 Å². The van der Waals surface area contributed by atoms with Gasteiger partial charge >= 0.3 is 0 Å². The zero-order valence-electron chi connectivity index (χ0n) is 11.5. The molecular weight excluding hydrogens is 257 g/mol. The molecule has 0 heterocycles. The van der Waals surface area contributed by atoms with Gasteiger partial charge in [0.05, 0.1) is 6.21 Å². The van der Waals surface area contributed by atoms with Crippen molar-refractivity contribution in [2.75, 3.05) is 0 Å². The molecule has 0 amide bonds. The summed E-state index contributed by atoms with van der Waals surface area (Å²) in [6.45, 7) is 3.91. The summed E-state index contributed by atoms with van der Waals surface area (Å²) in [6.07, 6.45) is 11.5. The van der Waals surface area contributed by atoms with E-state index < -0.39 is 6.17 Å². The molecule has 0 aromatic carbocycles. The first-order valence-electron chi connectivity index (χ1n) is 6.99. The molecule has 1 atom stereocenters. The Balaban J connectivity index is 1.87. The first-order valence-corrected chi connectivity index (χ1v) is 6.99. The van der Waals surface area contributed by atoms with Gasteiger partial charge in [-0.15, -0.1) is 0 Å². The number of nitrogens with zero attached hydrogens (tertiary/aromatic N) is 1. The molecule has 4 heteroatoms. The Morgan fingerprint density at radius 1 is 1.30 bits per heavy atom. The van der Waals surface area contributed by atoms with E-state index in [2.05, 4.69) is 11.7 Å². The van der Waals surface area contributed by atoms with Crippen LogP contribution in [0.3, 0.4) is 0 Å². The number of aliphatic hydroxyl groups excluding tert-OH is 1. The maximum absolute atomic E-state index is 13.3. The number of halogens is 1. The normalized spacial score (nSPS) is 24.1. The van der Waals surface area contributed by atoms with Crippen LogP contribution in [0.4, 0.5) is 4.39 Å². The molecule has 20 heavy (non-hydrogen) atoms. The van der Waals surface area contributed by atoms with Crippen LogP contribution in [-0.4, -0.2) is 17.5 Å². The van der Waals surface area contributed by atoms with Gasteiger partial charge in [-0.05, 0) is 42.7 Å². The zero-order valence-corrected chi connectivity index (χ0v) is 11.5. The van der Waals surface area contributed by atoms with Crippen molar-refractivity contribution in [2.45, 2.75) is 38.3 Å². The van der Waals surface area contributed by atoms with Crippen LogP contribution in [0, 0.1) is 5.92 Å². The number of alkyl halides is 1. The lowest BCUT2D eigenvalue weighted by molar-refractivity contribution is 0.173. The molecule has 1 N–H and O–H groups in total. The average Bonchev–Trinajstić information content (AvgIpc) is 2.60. The van der Waals surface area contributed by atoms with Gasteiger partial charge in [0, 0.05) is 5.92 Å². The van der Waals surface area contributed by atoms with E-state index in [-0.39, 0.29) is 5.76 Å². The van der Waals surface area contributed by atoms with Gasteiger partial charge in [0.25, 0.3) is 0 Å². The molecule has 2 aliphatic carbocycles. The molecule has 0 spiro atoms. The van der Waals surface area contributed by atoms with Gasteiger partial charge < -0.3 is 9.94 Å². The molecule has 0 bridgehead atoms. The Morgan fingerprint density at radius 2 is 2.05 bits per heavy atom. The fraction of sp³-hybridized carbons (Fsp3) is 0.438. The molecule has 0 aromatic rings. The van der Waals surface area contributed by atoms with Crippen LogP contribution in [-0.2, 0) is 4.84 Å². The van der Waals surface area contributed by atoms with Gasteiger partial charge in [0.2, 0.25) is 0 Å². The summed E-state index contributed by atoms with van der Waals surface area (Å²) in [6, 6.07) is 0. The molecule has 2 aliphatic rings. The highest BCUT2D eigenvalue weighted by atomic mass is 19.1. The van der Waals surface area contributed by atoms with Gasteiger partial charge in [0.1, 0.15) is 17.7 Å². The molecule has 2 rings (SSSR count). The Hall–Kier alpha value is -1.84. The van der Waals surface area contributed by atoms with E-state index in [0.717, 1.165) is 18.9 Å². The largest absolute Gasteiger partial charge is 0.508 e. The molecular formula is C16H20FNO2. The minimum atomic E-state index is -1.33. The predicted molar refractivity (Wildman–Crippen MR) is 78.1 cm³/mol. The van der Waals surface area contributed by atoms with Crippen LogP contribution in [0.1, 0.15) is 32.1 Å². The van der Waals surface area contributed by atoms with E-state index in [1.165, 1.54) is 37.6 Å². The molecule has 0 aromatic heterocycles. The quantitative estimate of drug-likeness (QED) is 0.471. The second-order valence-corrected chi connectivity index (χ2v) is 5.16. The number of hydrogen-bond acceptors (Lipinski definition) is 3. The summed E-state index contributed by atoms with van der Waals surface area (Å²) in [4.78, 5) is 5.29. The molecule has 1 unspecified atom stereocenters. The Kier molecular flexibility index (Phi) is 5.16. The number of hydrogen-bond donors (Lipinski definition) is 1. The molecule has 1 saturated carbocycles. The van der Waals surface area contributed by atoms with Crippen LogP contribution in [0.25, 0.3) is 0 Å². The lowest BCUT2D eigenvalue weighted by Crippen LogP contribution is -2.09. The first kappa shape index (κ1) is 14.6. The predicted octanol–water partition coefficient (Wildman–Crippen LogP) is 4.36. The molecule has 0 aliphatic heterocycles. The molecule has 1 fully saturated rings. The monoisotopic (exact) mass is 277 g/mol. The van der Waals surface area contributed by atoms with E-state index in [9.17, 15) is 9.50 Å². The summed E-state index contributed by atoms with van der Waals surface area (Å²) in [7, 11) is 0. The van der Waals surface area contributed by atoms with Gasteiger partial charge in [-0.2, -0.15) is 0 Å². The van der Waals surface area contributed by atoms with Crippen molar-refractivity contribution < 1.29 is 14.3 Å². The Bertz CT molecular complexity index is 471. The maximum atomic E-state index is 13.3. The van der Waals surface area contributed by atoms with Gasteiger partial charge in [-0.1, -0.05) is 31.0 Å². The molecule has 0 saturated heterocycles. The smallest absolute Gasteiger partial charge is 0.141 e. The summed E-state index contributed by atoms with van der Waals surface area (Å²) < 4.78 is 13.3. The summed E-state index contributed by atoms with van der Waals surface area (Å²) in [5.41, 5.74) is 0.550.